The molecule has 2 heterocycles. The largest absolute Gasteiger partial charge is 0.416 e. The van der Waals surface area contributed by atoms with Crippen molar-refractivity contribution in [3.05, 3.63) is 17.8 Å². The Morgan fingerprint density at radius 2 is 2.20 bits per heavy atom. The Bertz CT molecular complexity index is 596. The quantitative estimate of drug-likeness (QED) is 0.820. The Morgan fingerprint density at radius 3 is 2.85 bits per heavy atom. The SMILES string of the molecule is CCCNc1cc(Sc2nnc(C)o2)nc(C2CC2)n1. The molecule has 0 aliphatic heterocycles. The maximum atomic E-state index is 5.38. The third kappa shape index (κ3) is 3.27. The molecular formula is C13H17N5OS. The topological polar surface area (TPSA) is 76.7 Å². The van der Waals surface area contributed by atoms with Crippen LogP contribution in [0.2, 0.25) is 0 Å². The minimum Gasteiger partial charge on any atom is -0.416 e. The second-order valence-corrected chi connectivity index (χ2v) is 5.81. The van der Waals surface area contributed by atoms with Crippen LogP contribution in [-0.2, 0) is 0 Å². The summed E-state index contributed by atoms with van der Waals surface area (Å²) in [4.78, 5) is 9.17. The lowest BCUT2D eigenvalue weighted by molar-refractivity contribution is 0.429. The van der Waals surface area contributed by atoms with E-state index in [-0.39, 0.29) is 0 Å². The van der Waals surface area contributed by atoms with Crippen LogP contribution in [0.25, 0.3) is 0 Å². The van der Waals surface area contributed by atoms with Crippen molar-refractivity contribution in [2.75, 3.05) is 11.9 Å². The van der Waals surface area contributed by atoms with Crippen molar-refractivity contribution >= 4 is 17.6 Å². The van der Waals surface area contributed by atoms with Crippen LogP contribution in [0.3, 0.4) is 0 Å². The third-order valence-electron chi connectivity index (χ3n) is 2.92. The monoisotopic (exact) mass is 291 g/mol. The predicted molar refractivity (Wildman–Crippen MR) is 75.9 cm³/mol. The molecule has 0 spiro atoms. The van der Waals surface area contributed by atoms with Gasteiger partial charge in [-0.3, -0.25) is 0 Å². The van der Waals surface area contributed by atoms with E-state index in [1.165, 1.54) is 24.6 Å². The number of aromatic nitrogens is 4. The van der Waals surface area contributed by atoms with Crippen LogP contribution in [0.5, 0.6) is 0 Å². The summed E-state index contributed by atoms with van der Waals surface area (Å²) in [6, 6.07) is 1.94. The molecule has 0 radical (unpaired) electrons. The third-order valence-corrected chi connectivity index (χ3v) is 3.68. The molecule has 1 aliphatic carbocycles. The summed E-state index contributed by atoms with van der Waals surface area (Å²) in [5.74, 6) is 2.88. The number of rotatable bonds is 6. The highest BCUT2D eigenvalue weighted by Gasteiger charge is 2.27. The van der Waals surface area contributed by atoms with E-state index >= 15 is 0 Å². The molecule has 0 saturated heterocycles. The van der Waals surface area contributed by atoms with Crippen molar-refractivity contribution in [3.63, 3.8) is 0 Å². The predicted octanol–water partition coefficient (Wildman–Crippen LogP) is 3.02. The Labute approximate surface area is 121 Å². The summed E-state index contributed by atoms with van der Waals surface area (Å²) in [5, 5.41) is 12.5. The fourth-order valence-electron chi connectivity index (χ4n) is 1.77. The fourth-order valence-corrected chi connectivity index (χ4v) is 2.50. The van der Waals surface area contributed by atoms with E-state index in [0.29, 0.717) is 17.0 Å². The Hall–Kier alpha value is -1.63. The van der Waals surface area contributed by atoms with Gasteiger partial charge in [0, 0.05) is 25.5 Å². The first-order valence-electron chi connectivity index (χ1n) is 6.85. The molecule has 1 fully saturated rings. The Balaban J connectivity index is 1.82. The van der Waals surface area contributed by atoms with Crippen molar-refractivity contribution in [2.45, 2.75) is 49.3 Å². The summed E-state index contributed by atoms with van der Waals surface area (Å²) in [5.41, 5.74) is 0. The highest BCUT2D eigenvalue weighted by Crippen LogP contribution is 2.39. The van der Waals surface area contributed by atoms with Gasteiger partial charge in [0.1, 0.15) is 16.7 Å². The number of aryl methyl sites for hydroxylation is 1. The molecule has 6 nitrogen and oxygen atoms in total. The van der Waals surface area contributed by atoms with Gasteiger partial charge >= 0.3 is 0 Å². The summed E-state index contributed by atoms with van der Waals surface area (Å²) in [7, 11) is 0. The number of hydrogen-bond donors (Lipinski definition) is 1. The molecule has 0 amide bonds. The Kier molecular flexibility index (Phi) is 3.86. The molecule has 1 N–H and O–H groups in total. The van der Waals surface area contributed by atoms with Crippen molar-refractivity contribution in [1.29, 1.82) is 0 Å². The average Bonchev–Trinajstić information content (AvgIpc) is 3.21. The maximum Gasteiger partial charge on any atom is 0.282 e. The molecule has 106 valence electrons. The lowest BCUT2D eigenvalue weighted by Gasteiger charge is -2.07. The first kappa shape index (κ1) is 13.4. The molecule has 1 aliphatic rings. The van der Waals surface area contributed by atoms with Crippen LogP contribution in [0.1, 0.15) is 43.8 Å². The number of anilines is 1. The maximum absolute atomic E-state index is 5.38. The summed E-state index contributed by atoms with van der Waals surface area (Å²) in [6.07, 6.45) is 3.43. The smallest absolute Gasteiger partial charge is 0.282 e. The van der Waals surface area contributed by atoms with Crippen LogP contribution in [0.15, 0.2) is 20.7 Å². The molecule has 0 atom stereocenters. The summed E-state index contributed by atoms with van der Waals surface area (Å²) < 4.78 is 5.38. The van der Waals surface area contributed by atoms with Crippen LogP contribution < -0.4 is 5.32 Å². The molecule has 2 aromatic heterocycles. The van der Waals surface area contributed by atoms with Crippen LogP contribution >= 0.6 is 11.8 Å². The number of nitrogens with zero attached hydrogens (tertiary/aromatic N) is 4. The second kappa shape index (κ2) is 5.78. The molecule has 0 unspecified atom stereocenters. The van der Waals surface area contributed by atoms with E-state index in [1.807, 2.05) is 6.07 Å². The summed E-state index contributed by atoms with van der Waals surface area (Å²) in [6.45, 7) is 4.82. The van der Waals surface area contributed by atoms with Gasteiger partial charge in [-0.1, -0.05) is 6.92 Å². The van der Waals surface area contributed by atoms with Crippen molar-refractivity contribution in [3.8, 4) is 0 Å². The average molecular weight is 291 g/mol. The first-order valence-corrected chi connectivity index (χ1v) is 7.67. The first-order chi connectivity index (χ1) is 9.74. The van der Waals surface area contributed by atoms with Gasteiger partial charge in [0.15, 0.2) is 0 Å². The lowest BCUT2D eigenvalue weighted by atomic mass is 10.4. The van der Waals surface area contributed by atoms with Crippen LogP contribution in [0, 0.1) is 6.92 Å². The summed E-state index contributed by atoms with van der Waals surface area (Å²) >= 11 is 1.38. The zero-order valence-corrected chi connectivity index (χ0v) is 12.4. The van der Waals surface area contributed by atoms with E-state index < -0.39 is 0 Å². The van der Waals surface area contributed by atoms with E-state index in [9.17, 15) is 0 Å². The van der Waals surface area contributed by atoms with Gasteiger partial charge in [0.25, 0.3) is 5.22 Å². The normalized spacial score (nSPS) is 14.5. The molecule has 2 aromatic rings. The zero-order valence-electron chi connectivity index (χ0n) is 11.6. The zero-order chi connectivity index (χ0) is 13.9. The Morgan fingerprint density at radius 1 is 1.35 bits per heavy atom. The van der Waals surface area contributed by atoms with E-state index in [1.54, 1.807) is 6.92 Å². The van der Waals surface area contributed by atoms with Gasteiger partial charge in [-0.2, -0.15) is 0 Å². The van der Waals surface area contributed by atoms with Gasteiger partial charge in [-0.15, -0.1) is 10.2 Å². The van der Waals surface area contributed by atoms with Gasteiger partial charge in [-0.25, -0.2) is 9.97 Å². The van der Waals surface area contributed by atoms with Crippen molar-refractivity contribution in [2.24, 2.45) is 0 Å². The number of nitrogens with one attached hydrogen (secondary N) is 1. The molecule has 0 aromatic carbocycles. The lowest BCUT2D eigenvalue weighted by Crippen LogP contribution is -2.05. The minimum atomic E-state index is 0.516. The van der Waals surface area contributed by atoms with Gasteiger partial charge < -0.3 is 9.73 Å². The molecule has 20 heavy (non-hydrogen) atoms. The van der Waals surface area contributed by atoms with Gasteiger partial charge in [0.2, 0.25) is 5.89 Å². The minimum absolute atomic E-state index is 0.516. The highest BCUT2D eigenvalue weighted by atomic mass is 32.2. The number of hydrogen-bond acceptors (Lipinski definition) is 7. The van der Waals surface area contributed by atoms with E-state index in [2.05, 4.69) is 32.4 Å². The van der Waals surface area contributed by atoms with Gasteiger partial charge in [-0.05, 0) is 31.0 Å². The molecule has 3 rings (SSSR count). The second-order valence-electron chi connectivity index (χ2n) is 4.84. The van der Waals surface area contributed by atoms with E-state index in [4.69, 9.17) is 4.42 Å². The van der Waals surface area contributed by atoms with Crippen molar-refractivity contribution in [1.82, 2.24) is 20.2 Å². The highest BCUT2D eigenvalue weighted by molar-refractivity contribution is 7.99. The molecule has 1 saturated carbocycles. The molecular weight excluding hydrogens is 274 g/mol. The molecule has 7 heteroatoms. The van der Waals surface area contributed by atoms with Crippen molar-refractivity contribution < 1.29 is 4.42 Å². The molecule has 0 bridgehead atoms. The van der Waals surface area contributed by atoms with Gasteiger partial charge in [0.05, 0.1) is 0 Å². The van der Waals surface area contributed by atoms with E-state index in [0.717, 1.165) is 29.6 Å². The fraction of sp³-hybridized carbons (Fsp3) is 0.538. The standard InChI is InChI=1S/C13H17N5OS/c1-3-6-14-10-7-11(16-12(15-10)9-4-5-9)20-13-18-17-8(2)19-13/h7,9H,3-6H2,1-2H3,(H,14,15,16). The van der Waals surface area contributed by atoms with Crippen LogP contribution in [-0.4, -0.2) is 26.7 Å². The van der Waals surface area contributed by atoms with Crippen LogP contribution in [0.4, 0.5) is 5.82 Å².